The topological polar surface area (TPSA) is 50.8 Å². The first kappa shape index (κ1) is 19.6. The number of hydrogen-bond donors (Lipinski definition) is 1. The van der Waals surface area contributed by atoms with Gasteiger partial charge in [-0.2, -0.15) is 0 Å². The Labute approximate surface area is 173 Å². The number of fused-ring (bicyclic) bond motifs is 1. The van der Waals surface area contributed by atoms with E-state index in [0.29, 0.717) is 12.3 Å². The van der Waals surface area contributed by atoms with Crippen molar-refractivity contribution in [3.8, 4) is 11.5 Å². The number of carbonyl (C=O) groups is 1. The van der Waals surface area contributed by atoms with Gasteiger partial charge in [0, 0.05) is 30.4 Å². The zero-order chi connectivity index (χ0) is 20.4. The Kier molecular flexibility index (Phi) is 5.65. The fourth-order valence-electron chi connectivity index (χ4n) is 4.11. The molecule has 1 atom stereocenters. The van der Waals surface area contributed by atoms with Gasteiger partial charge in [0.2, 0.25) is 5.91 Å². The molecule has 0 bridgehead atoms. The van der Waals surface area contributed by atoms with Crippen LogP contribution < -0.4 is 19.7 Å². The van der Waals surface area contributed by atoms with Crippen LogP contribution in [0.1, 0.15) is 37.3 Å². The quantitative estimate of drug-likeness (QED) is 0.719. The van der Waals surface area contributed by atoms with Gasteiger partial charge in [-0.25, -0.2) is 0 Å². The van der Waals surface area contributed by atoms with E-state index in [1.54, 1.807) is 14.2 Å². The normalized spacial score (nSPS) is 16.9. The first-order chi connectivity index (χ1) is 14.1. The third-order valence-electron chi connectivity index (χ3n) is 5.82. The number of amides is 1. The van der Waals surface area contributed by atoms with E-state index in [0.717, 1.165) is 42.3 Å². The van der Waals surface area contributed by atoms with Gasteiger partial charge in [0.1, 0.15) is 0 Å². The summed E-state index contributed by atoms with van der Waals surface area (Å²) in [7, 11) is 3.31. The number of nitrogens with zero attached hydrogens (tertiary/aromatic N) is 1. The summed E-state index contributed by atoms with van der Waals surface area (Å²) in [6.07, 6.45) is 4.84. The van der Waals surface area contributed by atoms with Crippen LogP contribution in [0.4, 0.5) is 11.4 Å². The molecule has 0 saturated heterocycles. The maximum absolute atomic E-state index is 12.4. The zero-order valence-corrected chi connectivity index (χ0v) is 17.5. The number of ether oxygens (including phenoxy) is 2. The molecular weight excluding hydrogens is 364 g/mol. The van der Waals surface area contributed by atoms with Gasteiger partial charge in [0.15, 0.2) is 11.5 Å². The molecule has 1 saturated carbocycles. The lowest BCUT2D eigenvalue weighted by atomic mass is 9.99. The molecule has 0 aromatic heterocycles. The Hall–Kier alpha value is -2.69. The predicted molar refractivity (Wildman–Crippen MR) is 116 cm³/mol. The Morgan fingerprint density at radius 3 is 2.59 bits per heavy atom. The summed E-state index contributed by atoms with van der Waals surface area (Å²) >= 11 is 0. The number of nitrogens with one attached hydrogen (secondary N) is 1. The molecule has 29 heavy (non-hydrogen) atoms. The van der Waals surface area contributed by atoms with Crippen molar-refractivity contribution in [2.75, 3.05) is 31.0 Å². The smallest absolute Gasteiger partial charge is 0.227 e. The molecule has 2 aliphatic rings. The highest BCUT2D eigenvalue weighted by molar-refractivity contribution is 5.96. The van der Waals surface area contributed by atoms with Crippen molar-refractivity contribution in [1.82, 2.24) is 0 Å². The van der Waals surface area contributed by atoms with Crippen molar-refractivity contribution < 1.29 is 14.3 Å². The highest BCUT2D eigenvalue weighted by Crippen LogP contribution is 2.36. The molecule has 1 N–H and O–H groups in total. The summed E-state index contributed by atoms with van der Waals surface area (Å²) in [5.74, 6) is 2.47. The molecular formula is C24H30N2O3. The minimum atomic E-state index is 0.263. The minimum Gasteiger partial charge on any atom is -0.493 e. The van der Waals surface area contributed by atoms with Crippen LogP contribution in [0.25, 0.3) is 0 Å². The van der Waals surface area contributed by atoms with E-state index in [4.69, 9.17) is 9.47 Å². The Morgan fingerprint density at radius 2 is 1.86 bits per heavy atom. The molecule has 5 nitrogen and oxygen atoms in total. The summed E-state index contributed by atoms with van der Waals surface area (Å²) < 4.78 is 10.7. The van der Waals surface area contributed by atoms with Crippen molar-refractivity contribution in [2.24, 2.45) is 5.92 Å². The average molecular weight is 395 g/mol. The lowest BCUT2D eigenvalue weighted by Crippen LogP contribution is -2.36. The Morgan fingerprint density at radius 1 is 1.07 bits per heavy atom. The second kappa shape index (κ2) is 8.36. The highest BCUT2D eigenvalue weighted by Gasteiger charge is 2.31. The standard InChI is InChI=1S/C24H30N2O3/c1-16(12-18-6-10-22(28-2)23(13-18)29-3)25-20-8-9-21-19(14-20)7-11-24(27)26(21)15-17-4-5-17/h6,8-10,13-14,16-17,25H,4-5,7,11-12,15H2,1-3H3. The molecule has 2 aromatic carbocycles. The largest absolute Gasteiger partial charge is 0.493 e. The third-order valence-corrected chi connectivity index (χ3v) is 5.82. The van der Waals surface area contributed by atoms with E-state index in [9.17, 15) is 4.79 Å². The highest BCUT2D eigenvalue weighted by atomic mass is 16.5. The van der Waals surface area contributed by atoms with E-state index >= 15 is 0 Å². The molecule has 0 radical (unpaired) electrons. The van der Waals surface area contributed by atoms with Crippen molar-refractivity contribution in [2.45, 2.75) is 45.1 Å². The van der Waals surface area contributed by atoms with Crippen molar-refractivity contribution >= 4 is 17.3 Å². The van der Waals surface area contributed by atoms with Crippen LogP contribution in [0.15, 0.2) is 36.4 Å². The number of rotatable bonds is 8. The first-order valence-electron chi connectivity index (χ1n) is 10.5. The molecule has 1 heterocycles. The van der Waals surface area contributed by atoms with Gasteiger partial charge >= 0.3 is 0 Å². The zero-order valence-electron chi connectivity index (χ0n) is 17.5. The average Bonchev–Trinajstić information content (AvgIpc) is 3.54. The Balaban J connectivity index is 1.43. The van der Waals surface area contributed by atoms with Gasteiger partial charge in [0.25, 0.3) is 0 Å². The number of hydrogen-bond acceptors (Lipinski definition) is 4. The third kappa shape index (κ3) is 4.50. The van der Waals surface area contributed by atoms with E-state index < -0.39 is 0 Å². The van der Waals surface area contributed by atoms with E-state index in [1.807, 2.05) is 17.0 Å². The van der Waals surface area contributed by atoms with Crippen molar-refractivity contribution in [3.63, 3.8) is 0 Å². The van der Waals surface area contributed by atoms with Gasteiger partial charge < -0.3 is 19.7 Å². The molecule has 1 amide bonds. The molecule has 2 aromatic rings. The molecule has 1 aliphatic carbocycles. The fourth-order valence-corrected chi connectivity index (χ4v) is 4.11. The summed E-state index contributed by atoms with van der Waals surface area (Å²) in [5, 5.41) is 3.61. The van der Waals surface area contributed by atoms with Crippen molar-refractivity contribution in [3.05, 3.63) is 47.5 Å². The SMILES string of the molecule is COc1ccc(CC(C)Nc2ccc3c(c2)CCC(=O)N3CC2CC2)cc1OC. The van der Waals surface area contributed by atoms with Crippen LogP contribution in [-0.4, -0.2) is 32.7 Å². The van der Waals surface area contributed by atoms with E-state index in [1.165, 1.54) is 24.0 Å². The van der Waals surface area contributed by atoms with E-state index in [-0.39, 0.29) is 11.9 Å². The van der Waals surface area contributed by atoms with Crippen LogP contribution in [-0.2, 0) is 17.6 Å². The molecule has 0 spiro atoms. The second-order valence-corrected chi connectivity index (χ2v) is 8.23. The maximum Gasteiger partial charge on any atom is 0.227 e. The minimum absolute atomic E-state index is 0.263. The van der Waals surface area contributed by atoms with Gasteiger partial charge in [-0.1, -0.05) is 6.07 Å². The Bertz CT molecular complexity index is 892. The lowest BCUT2D eigenvalue weighted by molar-refractivity contribution is -0.118. The predicted octanol–water partition coefficient (Wildman–Crippen LogP) is 4.44. The monoisotopic (exact) mass is 394 g/mol. The lowest BCUT2D eigenvalue weighted by Gasteiger charge is -2.30. The molecule has 1 aliphatic heterocycles. The molecule has 1 fully saturated rings. The fraction of sp³-hybridized carbons (Fsp3) is 0.458. The maximum atomic E-state index is 12.4. The first-order valence-corrected chi connectivity index (χ1v) is 10.5. The van der Waals surface area contributed by atoms with Gasteiger partial charge in [0.05, 0.1) is 14.2 Å². The van der Waals surface area contributed by atoms with E-state index in [2.05, 4.69) is 36.5 Å². The summed E-state index contributed by atoms with van der Waals surface area (Å²) in [5.41, 5.74) is 4.68. The van der Waals surface area contributed by atoms with Gasteiger partial charge in [-0.3, -0.25) is 4.79 Å². The number of anilines is 2. The molecule has 4 rings (SSSR count). The van der Waals surface area contributed by atoms with Crippen LogP contribution in [0.2, 0.25) is 0 Å². The molecule has 154 valence electrons. The second-order valence-electron chi connectivity index (χ2n) is 8.23. The van der Waals surface area contributed by atoms with Crippen molar-refractivity contribution in [1.29, 1.82) is 0 Å². The van der Waals surface area contributed by atoms with Crippen LogP contribution in [0.3, 0.4) is 0 Å². The van der Waals surface area contributed by atoms with Gasteiger partial charge in [-0.15, -0.1) is 0 Å². The summed E-state index contributed by atoms with van der Waals surface area (Å²) in [6, 6.07) is 12.7. The summed E-state index contributed by atoms with van der Waals surface area (Å²) in [6.45, 7) is 3.06. The number of aryl methyl sites for hydroxylation is 1. The number of methoxy groups -OCH3 is 2. The van der Waals surface area contributed by atoms with Crippen LogP contribution in [0.5, 0.6) is 11.5 Å². The number of benzene rings is 2. The van der Waals surface area contributed by atoms with Gasteiger partial charge in [-0.05, 0) is 80.0 Å². The molecule has 5 heteroatoms. The molecule has 1 unspecified atom stereocenters. The van der Waals surface area contributed by atoms with Crippen LogP contribution in [0, 0.1) is 5.92 Å². The number of carbonyl (C=O) groups excluding carboxylic acids is 1. The summed E-state index contributed by atoms with van der Waals surface area (Å²) in [4.78, 5) is 14.4. The van der Waals surface area contributed by atoms with Crippen LogP contribution >= 0.6 is 0 Å².